The van der Waals surface area contributed by atoms with Crippen LogP contribution in [0, 0.1) is 5.13 Å². The predicted octanol–water partition coefficient (Wildman–Crippen LogP) is 2.83. The molecule has 0 fully saturated rings. The van der Waals surface area contributed by atoms with E-state index in [1.165, 1.54) is 12.3 Å². The topological polar surface area (TPSA) is 95.7 Å². The third kappa shape index (κ3) is 2.76. The van der Waals surface area contributed by atoms with Gasteiger partial charge >= 0.3 is 0 Å². The van der Waals surface area contributed by atoms with Crippen molar-refractivity contribution in [1.82, 2.24) is 24.9 Å². The molecule has 0 bridgehead atoms. The van der Waals surface area contributed by atoms with Crippen LogP contribution in [0.25, 0.3) is 22.9 Å². The Morgan fingerprint density at radius 3 is 2.83 bits per heavy atom. The van der Waals surface area contributed by atoms with Gasteiger partial charge in [0.2, 0.25) is 0 Å². The summed E-state index contributed by atoms with van der Waals surface area (Å²) in [6, 6.07) is 8.29. The SMILES string of the molecule is Nc1ccnc(-c2cc(-c3ccon3)n(Cc3ccc(F)s3)n2)n1. The van der Waals surface area contributed by atoms with Crippen LogP contribution >= 0.6 is 11.3 Å². The number of nitrogens with two attached hydrogens (primary N) is 1. The van der Waals surface area contributed by atoms with Gasteiger partial charge in [0.05, 0.1) is 12.2 Å². The highest BCUT2D eigenvalue weighted by molar-refractivity contribution is 7.10. The first kappa shape index (κ1) is 14.5. The van der Waals surface area contributed by atoms with Crippen molar-refractivity contribution in [1.29, 1.82) is 0 Å². The summed E-state index contributed by atoms with van der Waals surface area (Å²) in [5.74, 6) is 0.772. The number of halogens is 1. The molecule has 7 nitrogen and oxygen atoms in total. The number of nitrogens with zero attached hydrogens (tertiary/aromatic N) is 5. The summed E-state index contributed by atoms with van der Waals surface area (Å²) >= 11 is 1.07. The summed E-state index contributed by atoms with van der Waals surface area (Å²) < 4.78 is 19.9. The predicted molar refractivity (Wildman–Crippen MR) is 86.5 cm³/mol. The fraction of sp³-hybridized carbons (Fsp3) is 0.0667. The van der Waals surface area contributed by atoms with Gasteiger partial charge in [-0.25, -0.2) is 9.97 Å². The van der Waals surface area contributed by atoms with Crippen LogP contribution in [0.5, 0.6) is 0 Å². The Hall–Kier alpha value is -3.07. The molecular formula is C15H11FN6OS. The third-order valence-corrected chi connectivity index (χ3v) is 4.18. The third-order valence-electron chi connectivity index (χ3n) is 3.32. The summed E-state index contributed by atoms with van der Waals surface area (Å²) in [6.45, 7) is 0.402. The van der Waals surface area contributed by atoms with Gasteiger partial charge in [0.1, 0.15) is 23.5 Å². The second-order valence-electron chi connectivity index (χ2n) is 4.97. The number of nitrogen functional groups attached to an aromatic ring is 1. The van der Waals surface area contributed by atoms with Crippen LogP contribution in [0.1, 0.15) is 4.88 Å². The highest BCUT2D eigenvalue weighted by atomic mass is 32.1. The van der Waals surface area contributed by atoms with Crippen molar-refractivity contribution in [3.8, 4) is 22.9 Å². The fourth-order valence-electron chi connectivity index (χ4n) is 2.28. The number of aromatic nitrogens is 5. The van der Waals surface area contributed by atoms with Crippen LogP contribution in [0.2, 0.25) is 0 Å². The summed E-state index contributed by atoms with van der Waals surface area (Å²) in [5.41, 5.74) is 7.60. The Bertz CT molecular complexity index is 978. The van der Waals surface area contributed by atoms with Gasteiger partial charge in [0.15, 0.2) is 11.0 Å². The van der Waals surface area contributed by atoms with Crippen molar-refractivity contribution in [3.63, 3.8) is 0 Å². The van der Waals surface area contributed by atoms with E-state index in [0.29, 0.717) is 29.6 Å². The molecule has 0 spiro atoms. The van der Waals surface area contributed by atoms with Gasteiger partial charge in [-0.1, -0.05) is 5.16 Å². The molecule has 24 heavy (non-hydrogen) atoms. The Morgan fingerprint density at radius 1 is 1.21 bits per heavy atom. The van der Waals surface area contributed by atoms with Crippen LogP contribution in [0.15, 0.2) is 47.3 Å². The van der Waals surface area contributed by atoms with E-state index in [1.54, 1.807) is 35.1 Å². The molecule has 0 amide bonds. The molecule has 0 aliphatic heterocycles. The van der Waals surface area contributed by atoms with E-state index in [0.717, 1.165) is 21.9 Å². The average Bonchev–Trinajstić information content (AvgIpc) is 3.28. The molecule has 0 unspecified atom stereocenters. The summed E-state index contributed by atoms with van der Waals surface area (Å²) in [4.78, 5) is 9.20. The van der Waals surface area contributed by atoms with E-state index in [-0.39, 0.29) is 5.13 Å². The monoisotopic (exact) mass is 342 g/mol. The first-order valence-corrected chi connectivity index (χ1v) is 7.82. The average molecular weight is 342 g/mol. The minimum Gasteiger partial charge on any atom is -0.384 e. The Kier molecular flexibility index (Phi) is 3.54. The van der Waals surface area contributed by atoms with Crippen LogP contribution < -0.4 is 5.73 Å². The molecule has 0 aliphatic carbocycles. The number of rotatable bonds is 4. The van der Waals surface area contributed by atoms with Gasteiger partial charge in [-0.15, -0.1) is 11.3 Å². The maximum absolute atomic E-state index is 13.2. The molecule has 0 atom stereocenters. The quantitative estimate of drug-likeness (QED) is 0.613. The highest BCUT2D eigenvalue weighted by Crippen LogP contribution is 2.25. The van der Waals surface area contributed by atoms with Gasteiger partial charge in [0, 0.05) is 17.1 Å². The van der Waals surface area contributed by atoms with E-state index < -0.39 is 0 Å². The molecule has 0 aliphatic rings. The Morgan fingerprint density at radius 2 is 2.12 bits per heavy atom. The normalized spacial score (nSPS) is 11.0. The number of hydrogen-bond acceptors (Lipinski definition) is 7. The molecule has 0 aromatic carbocycles. The molecular weight excluding hydrogens is 331 g/mol. The molecule has 0 saturated carbocycles. The van der Waals surface area contributed by atoms with Crippen molar-refractivity contribution < 1.29 is 8.91 Å². The molecule has 4 rings (SSSR count). The zero-order valence-electron chi connectivity index (χ0n) is 12.3. The minimum absolute atomic E-state index is 0.237. The lowest BCUT2D eigenvalue weighted by Gasteiger charge is -2.03. The van der Waals surface area contributed by atoms with Crippen molar-refractivity contribution in [2.75, 3.05) is 5.73 Å². The van der Waals surface area contributed by atoms with Crippen LogP contribution in [-0.4, -0.2) is 24.9 Å². The van der Waals surface area contributed by atoms with Crippen molar-refractivity contribution >= 4 is 17.2 Å². The van der Waals surface area contributed by atoms with Gasteiger partial charge in [0.25, 0.3) is 0 Å². The summed E-state index contributed by atoms with van der Waals surface area (Å²) in [7, 11) is 0. The van der Waals surface area contributed by atoms with Crippen LogP contribution in [0.4, 0.5) is 10.2 Å². The zero-order chi connectivity index (χ0) is 16.5. The first-order valence-electron chi connectivity index (χ1n) is 7.01. The van der Waals surface area contributed by atoms with Gasteiger partial charge in [-0.2, -0.15) is 9.49 Å². The number of anilines is 1. The van der Waals surface area contributed by atoms with Crippen molar-refractivity contribution in [2.24, 2.45) is 0 Å². The van der Waals surface area contributed by atoms with Crippen molar-refractivity contribution in [3.05, 3.63) is 52.8 Å². The Labute approximate surface area is 139 Å². The van der Waals surface area contributed by atoms with E-state index in [2.05, 4.69) is 20.2 Å². The lowest BCUT2D eigenvalue weighted by molar-refractivity contribution is 0.421. The fourth-order valence-corrected chi connectivity index (χ4v) is 2.99. The van der Waals surface area contributed by atoms with E-state index in [9.17, 15) is 4.39 Å². The van der Waals surface area contributed by atoms with Crippen LogP contribution in [0.3, 0.4) is 0 Å². The molecule has 2 N–H and O–H groups in total. The second kappa shape index (κ2) is 5.85. The summed E-state index contributed by atoms with van der Waals surface area (Å²) in [6.07, 6.45) is 3.05. The first-order chi connectivity index (χ1) is 11.7. The second-order valence-corrected chi connectivity index (χ2v) is 6.09. The van der Waals surface area contributed by atoms with Gasteiger partial charge in [-0.05, 0) is 24.3 Å². The van der Waals surface area contributed by atoms with E-state index in [1.807, 2.05) is 0 Å². The summed E-state index contributed by atoms with van der Waals surface area (Å²) in [5, 5.41) is 8.23. The molecule has 0 radical (unpaired) electrons. The molecule has 9 heteroatoms. The largest absolute Gasteiger partial charge is 0.384 e. The lowest BCUT2D eigenvalue weighted by atomic mass is 10.2. The van der Waals surface area contributed by atoms with Crippen molar-refractivity contribution in [2.45, 2.75) is 6.54 Å². The maximum atomic E-state index is 13.2. The number of thiophene rings is 1. The standard InChI is InChI=1S/C15H11FN6OS/c16-13-2-1-9(24-13)8-22-12(10-4-6-23-21-10)7-11(20-22)15-18-5-3-14(17)19-15/h1-7H,8H2,(H2,17,18,19). The Balaban J connectivity index is 1.78. The van der Waals surface area contributed by atoms with Gasteiger partial charge in [-0.3, -0.25) is 4.68 Å². The number of hydrogen-bond donors (Lipinski definition) is 1. The highest BCUT2D eigenvalue weighted by Gasteiger charge is 2.16. The van der Waals surface area contributed by atoms with Crippen LogP contribution in [-0.2, 0) is 6.54 Å². The maximum Gasteiger partial charge on any atom is 0.182 e. The van der Waals surface area contributed by atoms with Gasteiger partial charge < -0.3 is 10.3 Å². The molecule has 4 aromatic heterocycles. The lowest BCUT2D eigenvalue weighted by Crippen LogP contribution is -2.03. The molecule has 4 heterocycles. The van der Waals surface area contributed by atoms with E-state index in [4.69, 9.17) is 10.3 Å². The zero-order valence-corrected chi connectivity index (χ0v) is 13.1. The van der Waals surface area contributed by atoms with E-state index >= 15 is 0 Å². The molecule has 120 valence electrons. The smallest absolute Gasteiger partial charge is 0.182 e. The molecule has 4 aromatic rings. The molecule has 0 saturated heterocycles. The minimum atomic E-state index is -0.237.